The van der Waals surface area contributed by atoms with E-state index in [-0.39, 0.29) is 17.6 Å². The minimum atomic E-state index is 0. The van der Waals surface area contributed by atoms with Crippen LogP contribution in [0.5, 0.6) is 0 Å². The van der Waals surface area contributed by atoms with Crippen molar-refractivity contribution in [2.24, 2.45) is 0 Å². The normalized spacial score (nSPS) is 8.10. The third kappa shape index (κ3) is 2.38. The van der Waals surface area contributed by atoms with Crippen molar-refractivity contribution in [2.45, 2.75) is 0 Å². The fourth-order valence-electron chi connectivity index (χ4n) is 0.584. The molecular formula is C7H7Cl2N. The van der Waals surface area contributed by atoms with E-state index in [2.05, 4.69) is 0 Å². The highest BCUT2D eigenvalue weighted by Gasteiger charge is 1.91. The Hall–Kier alpha value is -0.530. The smallest absolute Gasteiger partial charge is 0.128 e. The largest absolute Gasteiger partial charge is 0.289 e. The van der Waals surface area contributed by atoms with E-state index in [0.29, 0.717) is 0 Å². The molecule has 0 heterocycles. The van der Waals surface area contributed by atoms with E-state index in [0.717, 1.165) is 5.56 Å². The lowest BCUT2D eigenvalue weighted by Crippen LogP contribution is -1.84. The van der Waals surface area contributed by atoms with E-state index >= 15 is 0 Å². The molecule has 0 saturated heterocycles. The van der Waals surface area contributed by atoms with Gasteiger partial charge in [-0.3, -0.25) is 5.41 Å². The van der Waals surface area contributed by atoms with E-state index in [1.54, 1.807) is 12.1 Å². The van der Waals surface area contributed by atoms with Crippen LogP contribution in [0.4, 0.5) is 0 Å². The maximum Gasteiger partial charge on any atom is 0.128 e. The molecule has 3 heteroatoms. The Balaban J connectivity index is 0.000000810. The van der Waals surface area contributed by atoms with Gasteiger partial charge in [0, 0.05) is 5.56 Å². The summed E-state index contributed by atoms with van der Waals surface area (Å²) < 4.78 is 0. The summed E-state index contributed by atoms with van der Waals surface area (Å²) in [5.74, 6) is 0. The first-order valence-corrected chi connectivity index (χ1v) is 2.98. The van der Waals surface area contributed by atoms with E-state index < -0.39 is 0 Å². The van der Waals surface area contributed by atoms with Crippen molar-refractivity contribution in [1.29, 1.82) is 5.41 Å². The summed E-state index contributed by atoms with van der Waals surface area (Å²) in [5.41, 5.74) is 0.763. The highest BCUT2D eigenvalue weighted by molar-refractivity contribution is 6.68. The molecular weight excluding hydrogens is 169 g/mol. The van der Waals surface area contributed by atoms with Crippen LogP contribution in [-0.2, 0) is 0 Å². The summed E-state index contributed by atoms with van der Waals surface area (Å²) in [6, 6.07) is 9.20. The van der Waals surface area contributed by atoms with E-state index in [9.17, 15) is 0 Å². The van der Waals surface area contributed by atoms with Gasteiger partial charge in [0.05, 0.1) is 0 Å². The molecule has 0 aliphatic heterocycles. The van der Waals surface area contributed by atoms with E-state index in [4.69, 9.17) is 17.0 Å². The molecule has 0 fully saturated rings. The summed E-state index contributed by atoms with van der Waals surface area (Å²) >= 11 is 5.39. The monoisotopic (exact) mass is 175 g/mol. The number of benzene rings is 1. The lowest BCUT2D eigenvalue weighted by atomic mass is 10.2. The molecule has 0 spiro atoms. The molecule has 0 bridgehead atoms. The summed E-state index contributed by atoms with van der Waals surface area (Å²) in [7, 11) is 0. The van der Waals surface area contributed by atoms with Crippen molar-refractivity contribution in [2.75, 3.05) is 0 Å². The Morgan fingerprint density at radius 2 is 1.70 bits per heavy atom. The summed E-state index contributed by atoms with van der Waals surface area (Å²) in [4.78, 5) is 0. The SMILES string of the molecule is Cl.N=C(Cl)c1ccccc1. The zero-order chi connectivity index (χ0) is 6.69. The fraction of sp³-hybridized carbons (Fsp3) is 0. The van der Waals surface area contributed by atoms with Crippen LogP contribution in [0.2, 0.25) is 0 Å². The van der Waals surface area contributed by atoms with Crippen LogP contribution in [0.3, 0.4) is 0 Å². The van der Waals surface area contributed by atoms with Crippen LogP contribution in [0, 0.1) is 5.41 Å². The Labute approximate surface area is 70.9 Å². The molecule has 0 atom stereocenters. The van der Waals surface area contributed by atoms with Gasteiger partial charge in [-0.1, -0.05) is 41.9 Å². The van der Waals surface area contributed by atoms with Crippen LogP contribution >= 0.6 is 24.0 Å². The molecule has 0 unspecified atom stereocenters. The molecule has 0 amide bonds. The minimum Gasteiger partial charge on any atom is -0.289 e. The second-order valence-electron chi connectivity index (χ2n) is 1.68. The van der Waals surface area contributed by atoms with Crippen molar-refractivity contribution in [3.05, 3.63) is 35.9 Å². The summed E-state index contributed by atoms with van der Waals surface area (Å²) in [6.07, 6.45) is 0. The van der Waals surface area contributed by atoms with Crippen molar-refractivity contribution in [3.8, 4) is 0 Å². The third-order valence-electron chi connectivity index (χ3n) is 1.03. The molecule has 1 rings (SSSR count). The fourth-order valence-corrected chi connectivity index (χ4v) is 0.710. The Bertz CT molecular complexity index is 208. The molecule has 1 N–H and O–H groups in total. The summed E-state index contributed by atoms with van der Waals surface area (Å²) in [5, 5.41) is 7.09. The Morgan fingerprint density at radius 1 is 1.20 bits per heavy atom. The van der Waals surface area contributed by atoms with Gasteiger partial charge in [0.15, 0.2) is 0 Å². The van der Waals surface area contributed by atoms with Gasteiger partial charge in [-0.05, 0) is 0 Å². The molecule has 1 nitrogen and oxygen atoms in total. The molecule has 1 aromatic rings. The van der Waals surface area contributed by atoms with Crippen LogP contribution in [0.15, 0.2) is 30.3 Å². The predicted octanol–water partition coefficient (Wildman–Crippen LogP) is 2.67. The Kier molecular flexibility index (Phi) is 4.08. The lowest BCUT2D eigenvalue weighted by molar-refractivity contribution is 1.52. The van der Waals surface area contributed by atoms with Crippen LogP contribution < -0.4 is 0 Å². The quantitative estimate of drug-likeness (QED) is 0.636. The van der Waals surface area contributed by atoms with Crippen LogP contribution in [-0.4, -0.2) is 5.17 Å². The van der Waals surface area contributed by atoms with Gasteiger partial charge in [0.1, 0.15) is 5.17 Å². The zero-order valence-corrected chi connectivity index (χ0v) is 6.75. The summed E-state index contributed by atoms with van der Waals surface area (Å²) in [6.45, 7) is 0. The van der Waals surface area contributed by atoms with Gasteiger partial charge in [-0.15, -0.1) is 12.4 Å². The zero-order valence-electron chi connectivity index (χ0n) is 5.17. The predicted molar refractivity (Wildman–Crippen MR) is 46.4 cm³/mol. The first-order chi connectivity index (χ1) is 4.30. The van der Waals surface area contributed by atoms with E-state index in [1.807, 2.05) is 18.2 Å². The van der Waals surface area contributed by atoms with Gasteiger partial charge in [-0.25, -0.2) is 0 Å². The number of nitrogens with one attached hydrogen (secondary N) is 1. The van der Waals surface area contributed by atoms with Crippen molar-refractivity contribution in [1.82, 2.24) is 0 Å². The van der Waals surface area contributed by atoms with Crippen LogP contribution in [0.25, 0.3) is 0 Å². The van der Waals surface area contributed by atoms with Gasteiger partial charge in [0.25, 0.3) is 0 Å². The standard InChI is InChI=1S/C7H6ClN.ClH/c8-7(9)6-4-2-1-3-5-6;/h1-5,9H;1H. The topological polar surface area (TPSA) is 23.9 Å². The molecule has 0 aromatic heterocycles. The molecule has 0 aliphatic carbocycles. The maximum absolute atomic E-state index is 7.00. The molecule has 10 heavy (non-hydrogen) atoms. The van der Waals surface area contributed by atoms with Gasteiger partial charge in [-0.2, -0.15) is 0 Å². The average Bonchev–Trinajstić information content (AvgIpc) is 1.90. The molecule has 54 valence electrons. The van der Waals surface area contributed by atoms with Gasteiger partial charge < -0.3 is 0 Å². The first kappa shape index (κ1) is 9.47. The van der Waals surface area contributed by atoms with Crippen molar-refractivity contribution >= 4 is 29.2 Å². The highest BCUT2D eigenvalue weighted by Crippen LogP contribution is 2.01. The van der Waals surface area contributed by atoms with Crippen molar-refractivity contribution in [3.63, 3.8) is 0 Å². The first-order valence-electron chi connectivity index (χ1n) is 2.60. The van der Waals surface area contributed by atoms with Crippen molar-refractivity contribution < 1.29 is 0 Å². The number of halogens is 2. The minimum absolute atomic E-state index is 0. The highest BCUT2D eigenvalue weighted by atomic mass is 35.5. The second kappa shape index (κ2) is 4.31. The second-order valence-corrected chi connectivity index (χ2v) is 2.06. The Morgan fingerprint density at radius 3 is 2.00 bits per heavy atom. The van der Waals surface area contributed by atoms with Gasteiger partial charge in [0.2, 0.25) is 0 Å². The van der Waals surface area contributed by atoms with Crippen LogP contribution in [0.1, 0.15) is 5.56 Å². The van der Waals surface area contributed by atoms with Gasteiger partial charge >= 0.3 is 0 Å². The average molecular weight is 176 g/mol. The number of rotatable bonds is 1. The maximum atomic E-state index is 7.00. The molecule has 0 saturated carbocycles. The number of hydrogen-bond acceptors (Lipinski definition) is 1. The number of hydrogen-bond donors (Lipinski definition) is 1. The van der Waals surface area contributed by atoms with E-state index in [1.165, 1.54) is 0 Å². The lowest BCUT2D eigenvalue weighted by Gasteiger charge is -1.90. The molecule has 0 radical (unpaired) electrons. The third-order valence-corrected chi connectivity index (χ3v) is 1.25. The molecule has 1 aromatic carbocycles. The molecule has 0 aliphatic rings.